The summed E-state index contributed by atoms with van der Waals surface area (Å²) in [5.74, 6) is -0.249. The van der Waals surface area contributed by atoms with E-state index in [9.17, 15) is 9.50 Å². The number of aliphatic hydroxyl groups is 1. The summed E-state index contributed by atoms with van der Waals surface area (Å²) in [7, 11) is 0. The molecule has 0 unspecified atom stereocenters. The fourth-order valence-corrected chi connectivity index (χ4v) is 4.12. The quantitative estimate of drug-likeness (QED) is 0.646. The number of hydrogen-bond donors (Lipinski definition) is 2. The average Bonchev–Trinajstić information content (AvgIpc) is 3.19. The van der Waals surface area contributed by atoms with Gasteiger partial charge in [-0.25, -0.2) is 4.39 Å². The normalized spacial score (nSPS) is 18.2. The highest BCUT2D eigenvalue weighted by molar-refractivity contribution is 5.62. The zero-order valence-corrected chi connectivity index (χ0v) is 16.5. The number of nitrogens with zero attached hydrogens (tertiary/aromatic N) is 3. The van der Waals surface area contributed by atoms with Crippen LogP contribution in [0.2, 0.25) is 0 Å². The minimum Gasteiger partial charge on any atom is -0.396 e. The first-order chi connectivity index (χ1) is 14.2. The molecule has 1 aliphatic rings. The van der Waals surface area contributed by atoms with Gasteiger partial charge in [0, 0.05) is 56.5 Å². The van der Waals surface area contributed by atoms with E-state index in [1.54, 1.807) is 6.07 Å². The van der Waals surface area contributed by atoms with Crippen LogP contribution in [0.1, 0.15) is 17.5 Å². The Kier molecular flexibility index (Phi) is 6.34. The summed E-state index contributed by atoms with van der Waals surface area (Å²) in [6, 6.07) is 17.4. The minimum absolute atomic E-state index is 0.185. The summed E-state index contributed by atoms with van der Waals surface area (Å²) in [5.41, 5.74) is 4.05. The van der Waals surface area contributed by atoms with Gasteiger partial charge >= 0.3 is 0 Å². The van der Waals surface area contributed by atoms with E-state index >= 15 is 0 Å². The highest BCUT2D eigenvalue weighted by atomic mass is 19.1. The summed E-state index contributed by atoms with van der Waals surface area (Å²) in [4.78, 5) is 4.86. The van der Waals surface area contributed by atoms with Crippen LogP contribution in [0.5, 0.6) is 0 Å². The molecule has 6 heteroatoms. The maximum atomic E-state index is 13.6. The Morgan fingerprint density at radius 3 is 2.72 bits per heavy atom. The highest BCUT2D eigenvalue weighted by Gasteiger charge is 2.27. The van der Waals surface area contributed by atoms with Crippen LogP contribution in [-0.2, 0) is 13.1 Å². The van der Waals surface area contributed by atoms with E-state index in [0.717, 1.165) is 56.0 Å². The van der Waals surface area contributed by atoms with Crippen LogP contribution in [0.15, 0.2) is 60.8 Å². The van der Waals surface area contributed by atoms with Gasteiger partial charge in [-0.15, -0.1) is 0 Å². The lowest BCUT2D eigenvalue weighted by molar-refractivity contribution is 0.0500. The topological polar surface area (TPSA) is 55.4 Å². The fourth-order valence-electron chi connectivity index (χ4n) is 4.12. The molecule has 2 N–H and O–H groups in total. The van der Waals surface area contributed by atoms with E-state index in [1.165, 1.54) is 17.7 Å². The van der Waals surface area contributed by atoms with Crippen molar-refractivity contribution in [2.75, 3.05) is 26.2 Å². The van der Waals surface area contributed by atoms with Crippen molar-refractivity contribution in [3.05, 3.63) is 77.7 Å². The molecule has 0 bridgehead atoms. The smallest absolute Gasteiger partial charge is 0.123 e. The number of benzene rings is 2. The molecule has 1 fully saturated rings. The maximum absolute atomic E-state index is 13.6. The van der Waals surface area contributed by atoms with Crippen molar-refractivity contribution in [1.29, 1.82) is 0 Å². The van der Waals surface area contributed by atoms with E-state index in [4.69, 9.17) is 0 Å². The van der Waals surface area contributed by atoms with Gasteiger partial charge in [0.1, 0.15) is 5.82 Å². The van der Waals surface area contributed by atoms with Crippen LogP contribution in [0, 0.1) is 5.82 Å². The van der Waals surface area contributed by atoms with Gasteiger partial charge in [-0.3, -0.25) is 14.9 Å². The van der Waals surface area contributed by atoms with Crippen LogP contribution in [0.4, 0.5) is 4.39 Å². The summed E-state index contributed by atoms with van der Waals surface area (Å²) in [6.07, 6.45) is 2.59. The van der Waals surface area contributed by atoms with Crippen molar-refractivity contribution in [1.82, 2.24) is 20.0 Å². The first kappa shape index (κ1) is 19.8. The average molecular weight is 394 g/mol. The number of halogens is 1. The predicted octanol–water partition coefficient (Wildman–Crippen LogP) is 3.28. The second-order valence-corrected chi connectivity index (χ2v) is 7.64. The second kappa shape index (κ2) is 9.31. The second-order valence-electron chi connectivity index (χ2n) is 7.64. The molecule has 0 saturated carbocycles. The van der Waals surface area contributed by atoms with Gasteiger partial charge in [0.2, 0.25) is 0 Å². The molecule has 4 rings (SSSR count). The first-order valence-corrected chi connectivity index (χ1v) is 10.1. The van der Waals surface area contributed by atoms with Crippen LogP contribution in [0.25, 0.3) is 11.3 Å². The first-order valence-electron chi connectivity index (χ1n) is 10.1. The summed E-state index contributed by atoms with van der Waals surface area (Å²) in [6.45, 7) is 4.63. The van der Waals surface area contributed by atoms with Crippen LogP contribution in [-0.4, -0.2) is 57.4 Å². The SMILES string of the molecule is OCC[C@H]1CN(Cc2cn[nH]c2-c2cccc(F)c2)CCN1Cc1ccccc1. The lowest BCUT2D eigenvalue weighted by atomic mass is 10.0. The molecule has 0 amide bonds. The minimum atomic E-state index is -0.249. The van der Waals surface area contributed by atoms with Crippen molar-refractivity contribution in [3.8, 4) is 11.3 Å². The van der Waals surface area contributed by atoms with E-state index < -0.39 is 0 Å². The monoisotopic (exact) mass is 394 g/mol. The van der Waals surface area contributed by atoms with E-state index in [2.05, 4.69) is 44.3 Å². The van der Waals surface area contributed by atoms with Gasteiger partial charge in [-0.2, -0.15) is 5.10 Å². The third-order valence-electron chi connectivity index (χ3n) is 5.60. The number of rotatable bonds is 7. The molecule has 1 atom stereocenters. The Labute approximate surface area is 170 Å². The molecule has 5 nitrogen and oxygen atoms in total. The third-order valence-corrected chi connectivity index (χ3v) is 5.60. The number of H-pyrrole nitrogens is 1. The molecule has 0 spiro atoms. The molecule has 1 aliphatic heterocycles. The molecule has 1 aromatic heterocycles. The van der Waals surface area contributed by atoms with Crippen molar-refractivity contribution in [2.24, 2.45) is 0 Å². The number of aromatic nitrogens is 2. The van der Waals surface area contributed by atoms with E-state index in [1.807, 2.05) is 18.3 Å². The van der Waals surface area contributed by atoms with Crippen molar-refractivity contribution < 1.29 is 9.50 Å². The number of aliphatic hydroxyl groups excluding tert-OH is 1. The molecule has 2 aromatic carbocycles. The number of aromatic amines is 1. The molecule has 0 radical (unpaired) electrons. The Balaban J connectivity index is 1.44. The van der Waals surface area contributed by atoms with Gasteiger partial charge in [0.15, 0.2) is 0 Å². The van der Waals surface area contributed by atoms with Crippen molar-refractivity contribution in [2.45, 2.75) is 25.6 Å². The van der Waals surface area contributed by atoms with Crippen molar-refractivity contribution >= 4 is 0 Å². The zero-order chi connectivity index (χ0) is 20.1. The maximum Gasteiger partial charge on any atom is 0.123 e. The van der Waals surface area contributed by atoms with E-state index in [0.29, 0.717) is 6.04 Å². The van der Waals surface area contributed by atoms with E-state index in [-0.39, 0.29) is 12.4 Å². The standard InChI is InChI=1S/C23H27FN4O/c24-21-8-4-7-19(13-21)23-20(14-25-26-23)16-27-10-11-28(22(17-27)9-12-29)15-18-5-2-1-3-6-18/h1-8,13-14,22,29H,9-12,15-17H2,(H,25,26)/t22-/m0/s1. The molecule has 29 heavy (non-hydrogen) atoms. The number of piperazine rings is 1. The summed E-state index contributed by atoms with van der Waals surface area (Å²) in [5, 5.41) is 16.8. The fraction of sp³-hybridized carbons (Fsp3) is 0.348. The molecule has 0 aliphatic carbocycles. The molecule has 3 aromatic rings. The Bertz CT molecular complexity index is 914. The molecule has 152 valence electrons. The van der Waals surface area contributed by atoms with Crippen LogP contribution in [0.3, 0.4) is 0 Å². The lowest BCUT2D eigenvalue weighted by Gasteiger charge is -2.41. The summed E-state index contributed by atoms with van der Waals surface area (Å²) < 4.78 is 13.6. The molecule has 2 heterocycles. The summed E-state index contributed by atoms with van der Waals surface area (Å²) >= 11 is 0. The van der Waals surface area contributed by atoms with Gasteiger partial charge < -0.3 is 5.11 Å². The largest absolute Gasteiger partial charge is 0.396 e. The number of nitrogens with one attached hydrogen (secondary N) is 1. The highest BCUT2D eigenvalue weighted by Crippen LogP contribution is 2.25. The molecular weight excluding hydrogens is 367 g/mol. The van der Waals surface area contributed by atoms with Gasteiger partial charge in [0.05, 0.1) is 11.9 Å². The Hall–Kier alpha value is -2.54. The zero-order valence-electron chi connectivity index (χ0n) is 16.5. The number of hydrogen-bond acceptors (Lipinski definition) is 4. The van der Waals surface area contributed by atoms with Crippen LogP contribution < -0.4 is 0 Å². The Morgan fingerprint density at radius 1 is 1.07 bits per heavy atom. The Morgan fingerprint density at radius 2 is 1.93 bits per heavy atom. The molecule has 1 saturated heterocycles. The lowest BCUT2D eigenvalue weighted by Crippen LogP contribution is -2.52. The van der Waals surface area contributed by atoms with Gasteiger partial charge in [0.25, 0.3) is 0 Å². The van der Waals surface area contributed by atoms with Gasteiger partial charge in [-0.05, 0) is 24.1 Å². The van der Waals surface area contributed by atoms with Crippen molar-refractivity contribution in [3.63, 3.8) is 0 Å². The third kappa shape index (κ3) is 4.90. The molecular formula is C23H27FN4O. The predicted molar refractivity (Wildman–Crippen MR) is 112 cm³/mol. The van der Waals surface area contributed by atoms with Crippen LogP contribution >= 0.6 is 0 Å². The van der Waals surface area contributed by atoms with Gasteiger partial charge in [-0.1, -0.05) is 42.5 Å².